The van der Waals surface area contributed by atoms with E-state index < -0.39 is 5.54 Å². The maximum Gasteiger partial charge on any atom is 0.237 e. The highest BCUT2D eigenvalue weighted by Gasteiger charge is 2.38. The van der Waals surface area contributed by atoms with Gasteiger partial charge in [-0.3, -0.25) is 9.69 Å². The lowest BCUT2D eigenvalue weighted by molar-refractivity contribution is -0.135. The molecule has 1 amide bonds. The van der Waals surface area contributed by atoms with E-state index in [1.54, 1.807) is 18.0 Å². The molecule has 1 fully saturated rings. The first-order chi connectivity index (χ1) is 12.0. The number of nitriles is 1. The van der Waals surface area contributed by atoms with Crippen molar-refractivity contribution < 1.29 is 9.53 Å². The fourth-order valence-corrected chi connectivity index (χ4v) is 3.38. The fourth-order valence-electron chi connectivity index (χ4n) is 3.19. The first-order valence-electron chi connectivity index (χ1n) is 8.72. The molecule has 0 heterocycles. The van der Waals surface area contributed by atoms with E-state index in [-0.39, 0.29) is 12.5 Å². The van der Waals surface area contributed by atoms with E-state index in [4.69, 9.17) is 16.3 Å². The smallest absolute Gasteiger partial charge is 0.237 e. The highest BCUT2D eigenvalue weighted by atomic mass is 35.5. The Morgan fingerprint density at radius 1 is 1.28 bits per heavy atom. The van der Waals surface area contributed by atoms with Gasteiger partial charge in [-0.05, 0) is 32.0 Å². The summed E-state index contributed by atoms with van der Waals surface area (Å²) in [6.45, 7) is 1.32. The normalized spacial score (nSPS) is 16.3. The molecule has 2 rings (SSSR count). The van der Waals surface area contributed by atoms with Crippen molar-refractivity contribution in [2.45, 2.75) is 37.6 Å². The lowest BCUT2D eigenvalue weighted by atomic mass is 9.81. The van der Waals surface area contributed by atoms with Crippen molar-refractivity contribution in [3.8, 4) is 11.8 Å². The van der Waals surface area contributed by atoms with Crippen LogP contribution in [-0.2, 0) is 4.79 Å². The van der Waals surface area contributed by atoms with Crippen LogP contribution >= 0.6 is 11.6 Å². The minimum Gasteiger partial charge on any atom is -0.491 e. The fraction of sp³-hybridized carbons (Fsp3) is 0.579. The molecule has 0 aromatic heterocycles. The number of para-hydroxylation sites is 1. The van der Waals surface area contributed by atoms with Gasteiger partial charge in [-0.1, -0.05) is 43.0 Å². The predicted molar refractivity (Wildman–Crippen MR) is 98.6 cm³/mol. The average molecular weight is 364 g/mol. The molecule has 1 aromatic carbocycles. The van der Waals surface area contributed by atoms with Crippen LogP contribution in [-0.4, -0.2) is 55.0 Å². The van der Waals surface area contributed by atoms with Crippen LogP contribution in [0.15, 0.2) is 24.3 Å². The number of likely N-dealkylation sites (N-methyl/N-ethyl adjacent to an activating group) is 2. The topological polar surface area (TPSA) is 56.6 Å². The van der Waals surface area contributed by atoms with Gasteiger partial charge in [-0.15, -0.1) is 0 Å². The molecule has 0 aliphatic heterocycles. The summed E-state index contributed by atoms with van der Waals surface area (Å²) in [4.78, 5) is 16.1. The summed E-state index contributed by atoms with van der Waals surface area (Å²) in [6, 6.07) is 9.72. The molecule has 25 heavy (non-hydrogen) atoms. The number of carbonyl (C=O) groups excluding carboxylic acids is 1. The molecule has 1 aliphatic rings. The molecule has 1 aromatic rings. The van der Waals surface area contributed by atoms with Gasteiger partial charge in [-0.2, -0.15) is 5.26 Å². The van der Waals surface area contributed by atoms with Crippen LogP contribution in [0.4, 0.5) is 0 Å². The van der Waals surface area contributed by atoms with Gasteiger partial charge in [-0.25, -0.2) is 0 Å². The standard InChI is InChI=1S/C19H26ClN3O2/c1-22(12-13-25-17-9-5-4-8-16(17)20)14-18(24)23(2)19(15-21)10-6-3-7-11-19/h4-5,8-9H,3,6-7,10-14H2,1-2H3. The summed E-state index contributed by atoms with van der Waals surface area (Å²) < 4.78 is 5.66. The summed E-state index contributed by atoms with van der Waals surface area (Å²) in [5.74, 6) is 0.621. The zero-order chi connectivity index (χ0) is 18.3. The third kappa shape index (κ3) is 5.10. The Balaban J connectivity index is 1.81. The van der Waals surface area contributed by atoms with Crippen molar-refractivity contribution in [3.05, 3.63) is 29.3 Å². The largest absolute Gasteiger partial charge is 0.491 e. The molecule has 0 bridgehead atoms. The first-order valence-corrected chi connectivity index (χ1v) is 9.10. The highest BCUT2D eigenvalue weighted by Crippen LogP contribution is 2.32. The third-order valence-electron chi connectivity index (χ3n) is 4.88. The molecule has 136 valence electrons. The molecule has 5 nitrogen and oxygen atoms in total. The van der Waals surface area contributed by atoms with Crippen molar-refractivity contribution in [1.29, 1.82) is 5.26 Å². The maximum absolute atomic E-state index is 12.6. The zero-order valence-corrected chi connectivity index (χ0v) is 15.8. The van der Waals surface area contributed by atoms with E-state index >= 15 is 0 Å². The van der Waals surface area contributed by atoms with Crippen LogP contribution in [0.2, 0.25) is 5.02 Å². The minimum absolute atomic E-state index is 0.0244. The van der Waals surface area contributed by atoms with E-state index in [9.17, 15) is 10.1 Å². The summed E-state index contributed by atoms with van der Waals surface area (Å²) >= 11 is 6.05. The van der Waals surface area contributed by atoms with Crippen molar-refractivity contribution in [2.75, 3.05) is 33.8 Å². The van der Waals surface area contributed by atoms with Gasteiger partial charge in [0.2, 0.25) is 5.91 Å². The molecule has 1 aliphatic carbocycles. The lowest BCUT2D eigenvalue weighted by Crippen LogP contribution is -2.52. The Hall–Kier alpha value is -1.77. The molecule has 0 spiro atoms. The first kappa shape index (κ1) is 19.6. The number of benzene rings is 1. The van der Waals surface area contributed by atoms with Gasteiger partial charge in [0.05, 0.1) is 17.6 Å². The van der Waals surface area contributed by atoms with Crippen molar-refractivity contribution in [3.63, 3.8) is 0 Å². The Morgan fingerprint density at radius 2 is 1.96 bits per heavy atom. The van der Waals surface area contributed by atoms with Crippen molar-refractivity contribution in [1.82, 2.24) is 9.80 Å². The molecule has 1 saturated carbocycles. The summed E-state index contributed by atoms with van der Waals surface area (Å²) in [5.41, 5.74) is -0.635. The maximum atomic E-state index is 12.6. The van der Waals surface area contributed by atoms with Gasteiger partial charge < -0.3 is 9.64 Å². The molecule has 0 unspecified atom stereocenters. The number of hydrogen-bond acceptors (Lipinski definition) is 4. The molecule has 0 N–H and O–H groups in total. The lowest BCUT2D eigenvalue weighted by Gasteiger charge is -2.39. The highest BCUT2D eigenvalue weighted by molar-refractivity contribution is 6.32. The van der Waals surface area contributed by atoms with Gasteiger partial charge >= 0.3 is 0 Å². The number of amides is 1. The molecule has 6 heteroatoms. The van der Waals surface area contributed by atoms with Crippen LogP contribution in [0.5, 0.6) is 5.75 Å². The molecule has 0 saturated heterocycles. The zero-order valence-electron chi connectivity index (χ0n) is 15.0. The van der Waals surface area contributed by atoms with Crippen LogP contribution in [0.3, 0.4) is 0 Å². The number of nitrogens with zero attached hydrogens (tertiary/aromatic N) is 3. The van der Waals surface area contributed by atoms with E-state index in [0.29, 0.717) is 23.9 Å². The Morgan fingerprint density at radius 3 is 2.60 bits per heavy atom. The number of hydrogen-bond donors (Lipinski definition) is 0. The number of halogens is 1. The predicted octanol–water partition coefficient (Wildman–Crippen LogP) is 3.34. The van der Waals surface area contributed by atoms with Crippen LogP contribution < -0.4 is 4.74 Å². The van der Waals surface area contributed by atoms with E-state index in [0.717, 1.165) is 32.1 Å². The van der Waals surface area contributed by atoms with E-state index in [1.165, 1.54) is 0 Å². The molecular formula is C19H26ClN3O2. The second-order valence-electron chi connectivity index (χ2n) is 6.67. The van der Waals surface area contributed by atoms with E-state index in [2.05, 4.69) is 6.07 Å². The monoisotopic (exact) mass is 363 g/mol. The molecule has 0 atom stereocenters. The second-order valence-corrected chi connectivity index (χ2v) is 7.08. The van der Waals surface area contributed by atoms with Gasteiger partial charge in [0, 0.05) is 13.6 Å². The van der Waals surface area contributed by atoms with Crippen molar-refractivity contribution in [2.24, 2.45) is 0 Å². The molecular weight excluding hydrogens is 338 g/mol. The quantitative estimate of drug-likeness (QED) is 0.745. The number of carbonyl (C=O) groups is 1. The Labute approximate surface area is 155 Å². The summed E-state index contributed by atoms with van der Waals surface area (Å²) in [5, 5.41) is 10.2. The summed E-state index contributed by atoms with van der Waals surface area (Å²) in [6.07, 6.45) is 4.69. The van der Waals surface area contributed by atoms with Crippen molar-refractivity contribution >= 4 is 17.5 Å². The second kappa shape index (κ2) is 9.07. The van der Waals surface area contributed by atoms with E-state index in [1.807, 2.05) is 30.1 Å². The molecule has 0 radical (unpaired) electrons. The minimum atomic E-state index is -0.635. The Kier molecular flexibility index (Phi) is 7.10. The third-order valence-corrected chi connectivity index (χ3v) is 5.19. The van der Waals surface area contributed by atoms with Gasteiger partial charge in [0.1, 0.15) is 17.9 Å². The number of rotatable bonds is 7. The van der Waals surface area contributed by atoms with Gasteiger partial charge in [0.25, 0.3) is 0 Å². The average Bonchev–Trinajstić information content (AvgIpc) is 2.63. The van der Waals surface area contributed by atoms with Crippen LogP contribution in [0.1, 0.15) is 32.1 Å². The summed E-state index contributed by atoms with van der Waals surface area (Å²) in [7, 11) is 3.63. The number of ether oxygens (including phenoxy) is 1. The van der Waals surface area contributed by atoms with Crippen LogP contribution in [0, 0.1) is 11.3 Å². The SMILES string of the molecule is CN(CCOc1ccccc1Cl)CC(=O)N(C)C1(C#N)CCCCC1. The Bertz CT molecular complexity index is 623. The van der Waals surface area contributed by atoms with Crippen LogP contribution in [0.25, 0.3) is 0 Å². The van der Waals surface area contributed by atoms with Gasteiger partial charge in [0.15, 0.2) is 0 Å².